The van der Waals surface area contributed by atoms with Gasteiger partial charge >= 0.3 is 19.5 Å². The van der Waals surface area contributed by atoms with E-state index in [4.69, 9.17) is 24.4 Å². The third-order valence-corrected chi connectivity index (χ3v) is 4.35. The quantitative estimate of drug-likeness (QED) is 0.510. The van der Waals surface area contributed by atoms with Gasteiger partial charge in [0.25, 0.3) is 0 Å². The summed E-state index contributed by atoms with van der Waals surface area (Å²) in [6.07, 6.45) is 8.09. The Hall–Kier alpha value is -1.04. The van der Waals surface area contributed by atoms with Crippen LogP contribution in [0, 0.1) is 9.28 Å². The summed E-state index contributed by atoms with van der Waals surface area (Å²) in [6, 6.07) is 6.50. The SMILES string of the molecule is CCCCn1cccc([O-])c1=S.CCCCn1cccc([O-])c1=S.[Zn+2]. The van der Waals surface area contributed by atoms with Crippen molar-refractivity contribution in [2.75, 3.05) is 0 Å². The van der Waals surface area contributed by atoms with E-state index in [0.717, 1.165) is 38.8 Å². The van der Waals surface area contributed by atoms with E-state index >= 15 is 0 Å². The van der Waals surface area contributed by atoms with Crippen molar-refractivity contribution >= 4 is 24.4 Å². The Morgan fingerprint density at radius 1 is 0.800 bits per heavy atom. The molecule has 0 unspecified atom stereocenters. The van der Waals surface area contributed by atoms with Crippen molar-refractivity contribution in [3.05, 3.63) is 45.9 Å². The zero-order valence-electron chi connectivity index (χ0n) is 14.9. The number of nitrogens with zero attached hydrogens (tertiary/aromatic N) is 2. The maximum Gasteiger partial charge on any atom is 2.00 e. The van der Waals surface area contributed by atoms with Crippen molar-refractivity contribution in [2.45, 2.75) is 52.6 Å². The van der Waals surface area contributed by atoms with Crippen LogP contribution in [0.25, 0.3) is 0 Å². The van der Waals surface area contributed by atoms with Crippen LogP contribution in [0.15, 0.2) is 36.7 Å². The Balaban J connectivity index is 0.000000443. The maximum absolute atomic E-state index is 11.1. The van der Waals surface area contributed by atoms with E-state index in [0.29, 0.717) is 9.28 Å². The van der Waals surface area contributed by atoms with Gasteiger partial charge in [-0.25, -0.2) is 0 Å². The van der Waals surface area contributed by atoms with Gasteiger partial charge < -0.3 is 19.3 Å². The van der Waals surface area contributed by atoms with Crippen LogP contribution < -0.4 is 10.2 Å². The van der Waals surface area contributed by atoms with E-state index in [1.54, 1.807) is 12.1 Å². The van der Waals surface area contributed by atoms with Gasteiger partial charge in [0, 0.05) is 25.5 Å². The summed E-state index contributed by atoms with van der Waals surface area (Å²) in [5, 5.41) is 22.2. The second-order valence-electron chi connectivity index (χ2n) is 5.45. The number of pyridine rings is 2. The predicted molar refractivity (Wildman–Crippen MR) is 99.2 cm³/mol. The molecule has 2 aromatic rings. The van der Waals surface area contributed by atoms with Crippen LogP contribution in [0.4, 0.5) is 0 Å². The van der Waals surface area contributed by atoms with Crippen LogP contribution in [0.3, 0.4) is 0 Å². The van der Waals surface area contributed by atoms with E-state index < -0.39 is 0 Å². The molecule has 0 aliphatic rings. The molecule has 2 heterocycles. The Morgan fingerprint density at radius 2 is 1.16 bits per heavy atom. The third-order valence-electron chi connectivity index (χ3n) is 3.48. The van der Waals surface area contributed by atoms with Crippen molar-refractivity contribution in [3.8, 4) is 11.5 Å². The van der Waals surface area contributed by atoms with E-state index in [-0.39, 0.29) is 31.0 Å². The molecule has 2 aromatic heterocycles. The van der Waals surface area contributed by atoms with Gasteiger partial charge in [0.05, 0.1) is 9.28 Å². The van der Waals surface area contributed by atoms with Crippen molar-refractivity contribution < 1.29 is 29.7 Å². The molecule has 0 fully saturated rings. The first-order valence-electron chi connectivity index (χ1n) is 8.24. The first-order chi connectivity index (χ1) is 11.5. The predicted octanol–water partition coefficient (Wildman–Crippen LogP) is 4.18. The summed E-state index contributed by atoms with van der Waals surface area (Å²) in [7, 11) is 0. The monoisotopic (exact) mass is 428 g/mol. The number of hydrogen-bond donors (Lipinski definition) is 0. The van der Waals surface area contributed by atoms with Gasteiger partial charge in [-0.1, -0.05) is 74.8 Å². The minimum atomic E-state index is -0.0522. The van der Waals surface area contributed by atoms with Gasteiger partial charge in [0.1, 0.15) is 0 Å². The second kappa shape index (κ2) is 13.2. The fourth-order valence-corrected chi connectivity index (χ4v) is 2.48. The average Bonchev–Trinajstić information content (AvgIpc) is 2.58. The van der Waals surface area contributed by atoms with Crippen LogP contribution in [0.2, 0.25) is 0 Å². The van der Waals surface area contributed by atoms with E-state index in [1.165, 1.54) is 12.1 Å². The van der Waals surface area contributed by atoms with Crippen LogP contribution in [-0.4, -0.2) is 9.13 Å². The fraction of sp³-hybridized carbons (Fsp3) is 0.444. The number of rotatable bonds is 6. The molecule has 0 N–H and O–H groups in total. The van der Waals surface area contributed by atoms with Crippen molar-refractivity contribution in [3.63, 3.8) is 0 Å². The summed E-state index contributed by atoms with van der Waals surface area (Å²) in [5.74, 6) is -0.104. The third kappa shape index (κ3) is 8.26. The summed E-state index contributed by atoms with van der Waals surface area (Å²) in [4.78, 5) is 0. The molecule has 2 rings (SSSR count). The molecule has 0 spiro atoms. The minimum absolute atomic E-state index is 0. The Bertz CT molecular complexity index is 681. The molecule has 0 aromatic carbocycles. The fourth-order valence-electron chi connectivity index (χ4n) is 2.04. The molecule has 25 heavy (non-hydrogen) atoms. The number of hydrogen-bond acceptors (Lipinski definition) is 4. The number of unbranched alkanes of at least 4 members (excludes halogenated alkanes) is 2. The average molecular weight is 430 g/mol. The maximum atomic E-state index is 11.1. The molecule has 7 heteroatoms. The molecule has 0 aliphatic carbocycles. The smallest absolute Gasteiger partial charge is 0.870 e. The molecule has 0 aliphatic heterocycles. The van der Waals surface area contributed by atoms with Gasteiger partial charge in [-0.15, -0.1) is 0 Å². The zero-order valence-corrected chi connectivity index (χ0v) is 19.5. The number of aryl methyl sites for hydroxylation is 2. The Morgan fingerprint density at radius 3 is 1.48 bits per heavy atom. The van der Waals surface area contributed by atoms with Crippen LogP contribution in [0.1, 0.15) is 39.5 Å². The van der Waals surface area contributed by atoms with Crippen LogP contribution in [-0.2, 0) is 32.6 Å². The Labute approximate surface area is 172 Å². The molecule has 0 atom stereocenters. The summed E-state index contributed by atoms with van der Waals surface area (Å²) in [5.41, 5.74) is 0. The van der Waals surface area contributed by atoms with Crippen LogP contribution >= 0.6 is 24.4 Å². The van der Waals surface area contributed by atoms with Crippen molar-refractivity contribution in [1.82, 2.24) is 9.13 Å². The van der Waals surface area contributed by atoms with Gasteiger partial charge in [0.2, 0.25) is 0 Å². The summed E-state index contributed by atoms with van der Waals surface area (Å²) >= 11 is 9.91. The van der Waals surface area contributed by atoms with E-state index in [1.807, 2.05) is 21.5 Å². The molecule has 4 nitrogen and oxygen atoms in total. The molecule has 0 saturated carbocycles. The van der Waals surface area contributed by atoms with Crippen LogP contribution in [0.5, 0.6) is 11.5 Å². The van der Waals surface area contributed by atoms with E-state index in [9.17, 15) is 10.2 Å². The van der Waals surface area contributed by atoms with Gasteiger partial charge in [0.15, 0.2) is 0 Å². The number of aromatic nitrogens is 2. The Kier molecular flexibility index (Phi) is 12.7. The van der Waals surface area contributed by atoms with Gasteiger partial charge in [-0.3, -0.25) is 0 Å². The van der Waals surface area contributed by atoms with Gasteiger partial charge in [-0.2, -0.15) is 0 Å². The molecular weight excluding hydrogens is 406 g/mol. The largest absolute Gasteiger partial charge is 2.00 e. The minimum Gasteiger partial charge on any atom is -0.870 e. The first-order valence-corrected chi connectivity index (χ1v) is 9.05. The molecule has 0 bridgehead atoms. The van der Waals surface area contributed by atoms with Crippen molar-refractivity contribution in [2.24, 2.45) is 0 Å². The standard InChI is InChI=1S/2C9H13NOS.Zn/c2*1-2-3-6-10-7-4-5-8(11)9(10)12;/h2*4-5,7,11H,2-3,6H2,1H3;/q;;+2/p-2. The second-order valence-corrected chi connectivity index (χ2v) is 6.22. The molecule has 0 radical (unpaired) electrons. The molecule has 132 valence electrons. The first kappa shape index (κ1) is 24.0. The summed E-state index contributed by atoms with van der Waals surface area (Å²) < 4.78 is 4.51. The molecular formula is C18H24N2O2S2Zn. The summed E-state index contributed by atoms with van der Waals surface area (Å²) in [6.45, 7) is 5.94. The van der Waals surface area contributed by atoms with Gasteiger partial charge in [-0.05, 0) is 25.0 Å². The van der Waals surface area contributed by atoms with E-state index in [2.05, 4.69) is 13.8 Å². The normalized spacial score (nSPS) is 9.68. The van der Waals surface area contributed by atoms with Crippen molar-refractivity contribution in [1.29, 1.82) is 0 Å². The molecule has 0 amide bonds. The topological polar surface area (TPSA) is 56.0 Å². The molecule has 0 saturated heterocycles. The zero-order chi connectivity index (χ0) is 17.9.